The highest BCUT2D eigenvalue weighted by Crippen LogP contribution is 2.59. The summed E-state index contributed by atoms with van der Waals surface area (Å²) in [4.78, 5) is 0. The molecule has 3 aliphatic rings. The van der Waals surface area contributed by atoms with Gasteiger partial charge in [0.05, 0.1) is 6.10 Å². The Hall–Kier alpha value is -1.02. The van der Waals surface area contributed by atoms with Crippen LogP contribution in [-0.4, -0.2) is 12.4 Å². The van der Waals surface area contributed by atoms with Crippen molar-refractivity contribution in [3.05, 3.63) is 30.3 Å². The molecule has 20 heavy (non-hydrogen) atoms. The van der Waals surface area contributed by atoms with Crippen molar-refractivity contribution in [1.82, 2.24) is 0 Å². The number of hydrogen-bond acceptors (Lipinski definition) is 2. The summed E-state index contributed by atoms with van der Waals surface area (Å²) in [7, 11) is 0. The molecule has 0 saturated heterocycles. The summed E-state index contributed by atoms with van der Waals surface area (Å²) in [6.45, 7) is 2.03. The Kier molecular flexibility index (Phi) is 3.22. The zero-order chi connectivity index (χ0) is 13.5. The summed E-state index contributed by atoms with van der Waals surface area (Å²) in [6, 6.07) is 10.0. The van der Waals surface area contributed by atoms with E-state index in [0.29, 0.717) is 6.10 Å². The fraction of sp³-hybridized carbons (Fsp3) is 0.667. The Balaban J connectivity index is 1.36. The third-order valence-electron chi connectivity index (χ3n) is 5.78. The lowest BCUT2D eigenvalue weighted by Crippen LogP contribution is -2.34. The van der Waals surface area contributed by atoms with E-state index < -0.39 is 0 Å². The lowest BCUT2D eigenvalue weighted by atomic mass is 9.80. The predicted octanol–water partition coefficient (Wildman–Crippen LogP) is 4.25. The van der Waals surface area contributed by atoms with Crippen LogP contribution in [0.3, 0.4) is 0 Å². The Morgan fingerprint density at radius 1 is 1.00 bits per heavy atom. The van der Waals surface area contributed by atoms with Crippen molar-refractivity contribution in [2.75, 3.05) is 0 Å². The second kappa shape index (κ2) is 5.07. The van der Waals surface area contributed by atoms with Crippen LogP contribution in [0.15, 0.2) is 30.3 Å². The molecule has 2 heteroatoms. The first-order chi connectivity index (χ1) is 9.81. The maximum Gasteiger partial charge on any atom is 0.197 e. The van der Waals surface area contributed by atoms with Crippen LogP contribution in [0.2, 0.25) is 0 Å². The van der Waals surface area contributed by atoms with Gasteiger partial charge in [-0.2, -0.15) is 0 Å². The molecule has 3 fully saturated rings. The largest absolute Gasteiger partial charge is 0.465 e. The fourth-order valence-corrected chi connectivity index (χ4v) is 5.13. The van der Waals surface area contributed by atoms with Gasteiger partial charge in [0.1, 0.15) is 5.75 Å². The van der Waals surface area contributed by atoms with Crippen LogP contribution in [0.4, 0.5) is 0 Å². The highest BCUT2D eigenvalue weighted by molar-refractivity contribution is 5.21. The monoisotopic (exact) mass is 272 g/mol. The lowest BCUT2D eigenvalue weighted by Gasteiger charge is -2.33. The number of benzene rings is 1. The van der Waals surface area contributed by atoms with Crippen molar-refractivity contribution in [2.45, 2.75) is 51.4 Å². The third kappa shape index (κ3) is 2.14. The number of fused-ring (bicyclic) bond motifs is 5. The number of para-hydroxylation sites is 1. The van der Waals surface area contributed by atoms with Crippen LogP contribution in [-0.2, 0) is 4.74 Å². The highest BCUT2D eigenvalue weighted by atomic mass is 16.7. The molecule has 6 unspecified atom stereocenters. The van der Waals surface area contributed by atoms with Crippen molar-refractivity contribution < 1.29 is 9.47 Å². The molecule has 4 rings (SSSR count). The normalized spacial score (nSPS) is 39.8. The molecule has 0 aromatic heterocycles. The van der Waals surface area contributed by atoms with Crippen LogP contribution in [0.5, 0.6) is 5.75 Å². The summed E-state index contributed by atoms with van der Waals surface area (Å²) in [5, 5.41) is 0. The van der Waals surface area contributed by atoms with Crippen molar-refractivity contribution in [1.29, 1.82) is 0 Å². The molecule has 2 nitrogen and oxygen atoms in total. The van der Waals surface area contributed by atoms with Crippen molar-refractivity contribution in [3.63, 3.8) is 0 Å². The number of ether oxygens (including phenoxy) is 2. The summed E-state index contributed by atoms with van der Waals surface area (Å²) < 4.78 is 12.1. The average molecular weight is 272 g/mol. The number of rotatable bonds is 4. The highest BCUT2D eigenvalue weighted by Gasteiger charge is 2.54. The molecule has 0 N–H and O–H groups in total. The van der Waals surface area contributed by atoms with Gasteiger partial charge in [-0.15, -0.1) is 0 Å². The standard InChI is InChI=1S/C18H24O2/c1-12(19-14-6-3-2-4-7-14)20-18-11-13-10-17(18)16-9-5-8-15(13)16/h2-4,6-7,12-13,15-18H,5,8-11H2,1H3. The molecular formula is C18H24O2. The third-order valence-corrected chi connectivity index (χ3v) is 5.78. The molecule has 3 saturated carbocycles. The average Bonchev–Trinajstić information content (AvgIpc) is 3.11. The SMILES string of the molecule is CC(Oc1ccccc1)OC1CC2CC1C1CCCC21. The van der Waals surface area contributed by atoms with Gasteiger partial charge in [0.15, 0.2) is 6.29 Å². The molecule has 0 radical (unpaired) electrons. The molecule has 2 bridgehead atoms. The maximum absolute atomic E-state index is 6.24. The molecule has 0 aliphatic heterocycles. The smallest absolute Gasteiger partial charge is 0.197 e. The number of hydrogen-bond donors (Lipinski definition) is 0. The lowest BCUT2D eigenvalue weighted by molar-refractivity contribution is -0.132. The van der Waals surface area contributed by atoms with Gasteiger partial charge in [-0.25, -0.2) is 0 Å². The van der Waals surface area contributed by atoms with Crippen molar-refractivity contribution in [2.24, 2.45) is 23.7 Å². The first kappa shape index (κ1) is 12.7. The minimum atomic E-state index is -0.137. The summed E-state index contributed by atoms with van der Waals surface area (Å²) in [5.74, 6) is 4.66. The molecule has 3 aliphatic carbocycles. The Morgan fingerprint density at radius 3 is 2.65 bits per heavy atom. The predicted molar refractivity (Wildman–Crippen MR) is 78.5 cm³/mol. The topological polar surface area (TPSA) is 18.5 Å². The van der Waals surface area contributed by atoms with E-state index in [9.17, 15) is 0 Å². The Morgan fingerprint density at radius 2 is 1.80 bits per heavy atom. The molecule has 1 aromatic carbocycles. The van der Waals surface area contributed by atoms with Crippen LogP contribution >= 0.6 is 0 Å². The van der Waals surface area contributed by atoms with E-state index in [1.807, 2.05) is 37.3 Å². The van der Waals surface area contributed by atoms with Gasteiger partial charge in [0, 0.05) is 0 Å². The molecular weight excluding hydrogens is 248 g/mol. The Bertz CT molecular complexity index is 458. The van der Waals surface area contributed by atoms with Gasteiger partial charge in [-0.3, -0.25) is 0 Å². The molecule has 0 spiro atoms. The van der Waals surface area contributed by atoms with Crippen LogP contribution in [0, 0.1) is 23.7 Å². The van der Waals surface area contributed by atoms with Gasteiger partial charge < -0.3 is 9.47 Å². The first-order valence-electron chi connectivity index (χ1n) is 8.18. The van der Waals surface area contributed by atoms with Crippen molar-refractivity contribution in [3.8, 4) is 5.75 Å². The van der Waals surface area contributed by atoms with Gasteiger partial charge in [-0.1, -0.05) is 24.6 Å². The van der Waals surface area contributed by atoms with E-state index in [2.05, 4.69) is 0 Å². The van der Waals surface area contributed by atoms with E-state index in [1.165, 1.54) is 32.1 Å². The quantitative estimate of drug-likeness (QED) is 0.763. The first-order valence-corrected chi connectivity index (χ1v) is 8.18. The maximum atomic E-state index is 6.24. The van der Waals surface area contributed by atoms with Gasteiger partial charge in [-0.05, 0) is 68.4 Å². The van der Waals surface area contributed by atoms with Crippen LogP contribution in [0.25, 0.3) is 0 Å². The summed E-state index contributed by atoms with van der Waals surface area (Å²) in [6.07, 6.45) is 7.37. The van der Waals surface area contributed by atoms with E-state index in [0.717, 1.165) is 29.4 Å². The van der Waals surface area contributed by atoms with E-state index in [-0.39, 0.29) is 6.29 Å². The Labute approximate surface area is 121 Å². The second-order valence-electron chi connectivity index (χ2n) is 6.83. The second-order valence-corrected chi connectivity index (χ2v) is 6.83. The minimum Gasteiger partial charge on any atom is -0.465 e. The zero-order valence-corrected chi connectivity index (χ0v) is 12.2. The van der Waals surface area contributed by atoms with Gasteiger partial charge in [0.2, 0.25) is 0 Å². The fourth-order valence-electron chi connectivity index (χ4n) is 5.13. The van der Waals surface area contributed by atoms with Gasteiger partial charge >= 0.3 is 0 Å². The zero-order valence-electron chi connectivity index (χ0n) is 12.2. The van der Waals surface area contributed by atoms with Crippen LogP contribution in [0.1, 0.15) is 39.0 Å². The molecule has 0 amide bonds. The molecule has 0 heterocycles. The van der Waals surface area contributed by atoms with Crippen LogP contribution < -0.4 is 4.74 Å². The summed E-state index contributed by atoms with van der Waals surface area (Å²) in [5.41, 5.74) is 0. The molecule has 6 atom stereocenters. The van der Waals surface area contributed by atoms with E-state index >= 15 is 0 Å². The van der Waals surface area contributed by atoms with Gasteiger partial charge in [0.25, 0.3) is 0 Å². The van der Waals surface area contributed by atoms with Crippen molar-refractivity contribution >= 4 is 0 Å². The molecule has 108 valence electrons. The summed E-state index contributed by atoms with van der Waals surface area (Å²) >= 11 is 0. The molecule has 1 aromatic rings. The van der Waals surface area contributed by atoms with E-state index in [1.54, 1.807) is 0 Å². The van der Waals surface area contributed by atoms with E-state index in [4.69, 9.17) is 9.47 Å². The minimum absolute atomic E-state index is 0.137.